The first-order valence-electron chi connectivity index (χ1n) is 8.31. The van der Waals surface area contributed by atoms with Crippen LogP contribution in [0.5, 0.6) is 11.5 Å². The van der Waals surface area contributed by atoms with Gasteiger partial charge in [0.1, 0.15) is 28.5 Å². The molecule has 0 fully saturated rings. The number of ether oxygens (including phenoxy) is 1. The third-order valence-corrected chi connectivity index (χ3v) is 5.94. The van der Waals surface area contributed by atoms with Crippen LogP contribution in [0, 0.1) is 6.92 Å². The fraction of sp³-hybridized carbons (Fsp3) is 0.105. The SMILES string of the molecule is Cc1csc(Nc2ncnc3ccc(Oc4ccccc4S(C)(=O)=O)cc23)n1. The van der Waals surface area contributed by atoms with Gasteiger partial charge in [-0.2, -0.15) is 0 Å². The van der Waals surface area contributed by atoms with Crippen LogP contribution in [0.25, 0.3) is 10.9 Å². The summed E-state index contributed by atoms with van der Waals surface area (Å²) >= 11 is 1.48. The zero-order valence-corrected chi connectivity index (χ0v) is 16.7. The van der Waals surface area contributed by atoms with E-state index >= 15 is 0 Å². The number of thiazole rings is 1. The molecular formula is C19H16N4O3S2. The predicted octanol–water partition coefficient (Wildman–Crippen LogP) is 4.33. The van der Waals surface area contributed by atoms with Crippen LogP contribution in [0.1, 0.15) is 5.69 Å². The Morgan fingerprint density at radius 1 is 1.11 bits per heavy atom. The van der Waals surface area contributed by atoms with Crippen molar-refractivity contribution in [2.45, 2.75) is 11.8 Å². The van der Waals surface area contributed by atoms with Crippen LogP contribution in [-0.2, 0) is 9.84 Å². The van der Waals surface area contributed by atoms with Crippen LogP contribution in [0.15, 0.2) is 59.1 Å². The van der Waals surface area contributed by atoms with E-state index in [9.17, 15) is 8.42 Å². The fourth-order valence-electron chi connectivity index (χ4n) is 2.68. The average Bonchev–Trinajstić information content (AvgIpc) is 3.07. The smallest absolute Gasteiger partial charge is 0.188 e. The Balaban J connectivity index is 1.73. The quantitative estimate of drug-likeness (QED) is 0.521. The molecule has 0 spiro atoms. The van der Waals surface area contributed by atoms with Gasteiger partial charge in [0.2, 0.25) is 0 Å². The maximum absolute atomic E-state index is 12.0. The number of hydrogen-bond acceptors (Lipinski definition) is 8. The summed E-state index contributed by atoms with van der Waals surface area (Å²) < 4.78 is 29.9. The summed E-state index contributed by atoms with van der Waals surface area (Å²) in [5, 5.41) is 6.61. The van der Waals surface area contributed by atoms with Crippen molar-refractivity contribution in [2.75, 3.05) is 11.6 Å². The van der Waals surface area contributed by atoms with E-state index < -0.39 is 9.84 Å². The van der Waals surface area contributed by atoms with E-state index in [0.29, 0.717) is 11.6 Å². The minimum atomic E-state index is -3.41. The van der Waals surface area contributed by atoms with E-state index in [2.05, 4.69) is 20.3 Å². The topological polar surface area (TPSA) is 94.1 Å². The van der Waals surface area contributed by atoms with Gasteiger partial charge in [0.05, 0.1) is 11.2 Å². The predicted molar refractivity (Wildman–Crippen MR) is 109 cm³/mol. The van der Waals surface area contributed by atoms with Crippen LogP contribution in [0.2, 0.25) is 0 Å². The number of sulfone groups is 1. The number of rotatable bonds is 5. The molecule has 0 bridgehead atoms. The zero-order valence-electron chi connectivity index (χ0n) is 15.1. The van der Waals surface area contributed by atoms with E-state index in [1.54, 1.807) is 36.4 Å². The maximum atomic E-state index is 12.0. The molecule has 7 nitrogen and oxygen atoms in total. The Bertz CT molecular complexity index is 1270. The number of nitrogens with one attached hydrogen (secondary N) is 1. The lowest BCUT2D eigenvalue weighted by Gasteiger charge is -2.11. The molecule has 4 rings (SSSR count). The molecule has 9 heteroatoms. The number of para-hydroxylation sites is 1. The Morgan fingerprint density at radius 3 is 2.68 bits per heavy atom. The molecule has 0 saturated carbocycles. The normalized spacial score (nSPS) is 11.5. The molecule has 0 unspecified atom stereocenters. The third kappa shape index (κ3) is 3.80. The van der Waals surface area contributed by atoms with Gasteiger partial charge in [0, 0.05) is 17.0 Å². The molecule has 0 aliphatic heterocycles. The number of benzene rings is 2. The molecule has 0 aliphatic rings. The lowest BCUT2D eigenvalue weighted by Crippen LogP contribution is -2.00. The van der Waals surface area contributed by atoms with Crippen molar-refractivity contribution in [2.24, 2.45) is 0 Å². The monoisotopic (exact) mass is 412 g/mol. The summed E-state index contributed by atoms with van der Waals surface area (Å²) in [5.74, 6) is 1.35. The number of aryl methyl sites for hydroxylation is 1. The number of fused-ring (bicyclic) bond motifs is 1. The molecule has 28 heavy (non-hydrogen) atoms. The fourth-order valence-corrected chi connectivity index (χ4v) is 4.17. The molecule has 1 N–H and O–H groups in total. The molecular weight excluding hydrogens is 396 g/mol. The summed E-state index contributed by atoms with van der Waals surface area (Å²) in [5.41, 5.74) is 1.65. The zero-order chi connectivity index (χ0) is 19.7. The van der Waals surface area contributed by atoms with E-state index in [1.807, 2.05) is 12.3 Å². The van der Waals surface area contributed by atoms with E-state index in [-0.39, 0.29) is 10.6 Å². The van der Waals surface area contributed by atoms with Gasteiger partial charge in [-0.05, 0) is 37.3 Å². The van der Waals surface area contributed by atoms with E-state index in [1.165, 1.54) is 23.7 Å². The van der Waals surface area contributed by atoms with Gasteiger partial charge in [0.25, 0.3) is 0 Å². The standard InChI is InChI=1S/C19H16N4O3S2/c1-12-10-27-19(22-12)23-18-14-9-13(7-8-15(14)20-11-21-18)26-16-5-3-4-6-17(16)28(2,24)25/h3-11H,1-2H3,(H,20,21,22,23). The first-order chi connectivity index (χ1) is 13.4. The highest BCUT2D eigenvalue weighted by molar-refractivity contribution is 7.90. The van der Waals surface area contributed by atoms with Crippen molar-refractivity contribution in [3.63, 3.8) is 0 Å². The van der Waals surface area contributed by atoms with Gasteiger partial charge < -0.3 is 10.1 Å². The molecule has 2 aromatic heterocycles. The van der Waals surface area contributed by atoms with Gasteiger partial charge in [0.15, 0.2) is 15.0 Å². The molecule has 142 valence electrons. The summed E-state index contributed by atoms with van der Waals surface area (Å²) in [4.78, 5) is 13.1. The lowest BCUT2D eigenvalue weighted by molar-refractivity contribution is 0.468. The maximum Gasteiger partial charge on any atom is 0.188 e. The molecule has 0 radical (unpaired) electrons. The van der Waals surface area contributed by atoms with Crippen LogP contribution >= 0.6 is 11.3 Å². The Kier molecular flexibility index (Phi) is 4.70. The molecule has 0 aliphatic carbocycles. The molecule has 2 heterocycles. The third-order valence-electron chi connectivity index (χ3n) is 3.93. The van der Waals surface area contributed by atoms with Crippen LogP contribution < -0.4 is 10.1 Å². The van der Waals surface area contributed by atoms with Crippen LogP contribution in [-0.4, -0.2) is 29.6 Å². The van der Waals surface area contributed by atoms with Gasteiger partial charge in [-0.15, -0.1) is 11.3 Å². The lowest BCUT2D eigenvalue weighted by atomic mass is 10.2. The Morgan fingerprint density at radius 2 is 1.93 bits per heavy atom. The highest BCUT2D eigenvalue weighted by Crippen LogP contribution is 2.32. The van der Waals surface area contributed by atoms with Crippen LogP contribution in [0.3, 0.4) is 0 Å². The summed E-state index contributed by atoms with van der Waals surface area (Å²) in [6.07, 6.45) is 2.63. The van der Waals surface area contributed by atoms with Gasteiger partial charge in [-0.1, -0.05) is 12.1 Å². The molecule has 4 aromatic rings. The van der Waals surface area contributed by atoms with Crippen molar-refractivity contribution in [3.05, 3.63) is 59.9 Å². The number of aromatic nitrogens is 3. The number of nitrogens with zero attached hydrogens (tertiary/aromatic N) is 3. The van der Waals surface area contributed by atoms with Gasteiger partial charge in [-0.3, -0.25) is 0 Å². The largest absolute Gasteiger partial charge is 0.456 e. The van der Waals surface area contributed by atoms with Crippen molar-refractivity contribution >= 4 is 43.0 Å². The van der Waals surface area contributed by atoms with Crippen molar-refractivity contribution < 1.29 is 13.2 Å². The van der Waals surface area contributed by atoms with Crippen molar-refractivity contribution in [1.29, 1.82) is 0 Å². The molecule has 2 aromatic carbocycles. The summed E-state index contributed by atoms with van der Waals surface area (Å²) in [6.45, 7) is 1.92. The highest BCUT2D eigenvalue weighted by atomic mass is 32.2. The van der Waals surface area contributed by atoms with E-state index in [0.717, 1.165) is 28.0 Å². The highest BCUT2D eigenvalue weighted by Gasteiger charge is 2.15. The second kappa shape index (κ2) is 7.17. The minimum absolute atomic E-state index is 0.135. The summed E-state index contributed by atoms with van der Waals surface area (Å²) in [7, 11) is -3.41. The first-order valence-corrected chi connectivity index (χ1v) is 11.1. The Hall–Kier alpha value is -3.04. The minimum Gasteiger partial charge on any atom is -0.456 e. The van der Waals surface area contributed by atoms with Gasteiger partial charge in [-0.25, -0.2) is 23.4 Å². The second-order valence-electron chi connectivity index (χ2n) is 6.14. The molecule has 0 saturated heterocycles. The second-order valence-corrected chi connectivity index (χ2v) is 8.98. The van der Waals surface area contributed by atoms with Gasteiger partial charge >= 0.3 is 0 Å². The average molecular weight is 412 g/mol. The van der Waals surface area contributed by atoms with Crippen LogP contribution in [0.4, 0.5) is 10.9 Å². The Labute approximate surface area is 166 Å². The first kappa shape index (κ1) is 18.3. The molecule has 0 amide bonds. The summed E-state index contributed by atoms with van der Waals surface area (Å²) in [6, 6.07) is 11.9. The number of anilines is 2. The van der Waals surface area contributed by atoms with Crippen molar-refractivity contribution in [1.82, 2.24) is 15.0 Å². The van der Waals surface area contributed by atoms with E-state index in [4.69, 9.17) is 4.74 Å². The van der Waals surface area contributed by atoms with Crippen molar-refractivity contribution in [3.8, 4) is 11.5 Å². The molecule has 0 atom stereocenters. The number of hydrogen-bond donors (Lipinski definition) is 1.